The molecule has 7 nitrogen and oxygen atoms in total. The minimum absolute atomic E-state index is 0.359. The van der Waals surface area contributed by atoms with E-state index in [9.17, 15) is 9.59 Å². The van der Waals surface area contributed by atoms with Crippen molar-refractivity contribution in [3.63, 3.8) is 0 Å². The molecule has 1 heterocycles. The molecule has 0 aliphatic heterocycles. The van der Waals surface area contributed by atoms with Crippen LogP contribution in [0.2, 0.25) is 0 Å². The topological polar surface area (TPSA) is 97.0 Å². The Balaban J connectivity index is 1.69. The lowest BCUT2D eigenvalue weighted by molar-refractivity contribution is -0.123. The molecular formula is C24H24N4O3. The number of anilines is 1. The molecular weight excluding hydrogens is 392 g/mol. The molecule has 0 aliphatic rings. The van der Waals surface area contributed by atoms with E-state index < -0.39 is 18.0 Å². The van der Waals surface area contributed by atoms with Crippen LogP contribution >= 0.6 is 0 Å². The fourth-order valence-corrected chi connectivity index (χ4v) is 3.20. The summed E-state index contributed by atoms with van der Waals surface area (Å²) in [6.45, 7) is 7.61. The van der Waals surface area contributed by atoms with Crippen LogP contribution in [0.4, 0.5) is 5.69 Å². The molecule has 3 aromatic rings. The smallest absolute Gasteiger partial charge is 0.342 e. The van der Waals surface area contributed by atoms with Crippen molar-refractivity contribution in [1.29, 1.82) is 5.26 Å². The molecule has 1 N–H and O–H groups in total. The minimum Gasteiger partial charge on any atom is -0.449 e. The van der Waals surface area contributed by atoms with Crippen molar-refractivity contribution in [2.45, 2.75) is 40.3 Å². The van der Waals surface area contributed by atoms with Gasteiger partial charge >= 0.3 is 5.97 Å². The first-order valence-corrected chi connectivity index (χ1v) is 9.90. The van der Waals surface area contributed by atoms with Gasteiger partial charge in [0, 0.05) is 5.69 Å². The van der Waals surface area contributed by atoms with Gasteiger partial charge in [-0.3, -0.25) is 9.48 Å². The van der Waals surface area contributed by atoms with Crippen molar-refractivity contribution in [3.8, 4) is 6.07 Å². The van der Waals surface area contributed by atoms with Gasteiger partial charge < -0.3 is 10.1 Å². The third kappa shape index (κ3) is 5.17. The Kier molecular flexibility index (Phi) is 6.51. The quantitative estimate of drug-likeness (QED) is 0.615. The Morgan fingerprint density at radius 2 is 1.87 bits per heavy atom. The lowest BCUT2D eigenvalue weighted by Gasteiger charge is -2.14. The fraction of sp³-hybridized carbons (Fsp3) is 0.250. The first-order chi connectivity index (χ1) is 14.8. The molecule has 0 bridgehead atoms. The van der Waals surface area contributed by atoms with Gasteiger partial charge in [0.15, 0.2) is 6.10 Å². The van der Waals surface area contributed by atoms with Gasteiger partial charge in [-0.15, -0.1) is 0 Å². The van der Waals surface area contributed by atoms with E-state index in [0.29, 0.717) is 34.7 Å². The normalized spacial score (nSPS) is 11.5. The highest BCUT2D eigenvalue weighted by atomic mass is 16.5. The number of nitrogens with zero attached hydrogens (tertiary/aromatic N) is 3. The second-order valence-electron chi connectivity index (χ2n) is 7.42. The molecule has 1 atom stereocenters. The van der Waals surface area contributed by atoms with Crippen LogP contribution in [-0.2, 0) is 16.1 Å². The minimum atomic E-state index is -1.02. The van der Waals surface area contributed by atoms with Crippen molar-refractivity contribution in [2.24, 2.45) is 0 Å². The Morgan fingerprint density at radius 3 is 2.55 bits per heavy atom. The van der Waals surface area contributed by atoms with Crippen LogP contribution in [-0.4, -0.2) is 27.8 Å². The summed E-state index contributed by atoms with van der Waals surface area (Å²) in [6.07, 6.45) is -1.02. The number of aromatic nitrogens is 2. The predicted molar refractivity (Wildman–Crippen MR) is 117 cm³/mol. The fourth-order valence-electron chi connectivity index (χ4n) is 3.20. The molecule has 0 radical (unpaired) electrons. The second-order valence-corrected chi connectivity index (χ2v) is 7.42. The molecule has 31 heavy (non-hydrogen) atoms. The number of aryl methyl sites for hydroxylation is 2. The molecule has 1 amide bonds. The number of nitrogens with one attached hydrogen (secondary N) is 1. The number of rotatable bonds is 6. The molecule has 3 rings (SSSR count). The zero-order valence-electron chi connectivity index (χ0n) is 18.0. The number of amides is 1. The molecule has 7 heteroatoms. The first-order valence-electron chi connectivity index (χ1n) is 9.90. The number of esters is 1. The summed E-state index contributed by atoms with van der Waals surface area (Å²) in [7, 11) is 0. The third-order valence-electron chi connectivity index (χ3n) is 4.95. The second kappa shape index (κ2) is 9.26. The summed E-state index contributed by atoms with van der Waals surface area (Å²) < 4.78 is 7.16. The van der Waals surface area contributed by atoms with Crippen LogP contribution in [0, 0.1) is 32.1 Å². The van der Waals surface area contributed by atoms with Crippen LogP contribution in [0.3, 0.4) is 0 Å². The average molecular weight is 416 g/mol. The van der Waals surface area contributed by atoms with Gasteiger partial charge in [-0.1, -0.05) is 35.9 Å². The molecule has 0 aliphatic carbocycles. The number of hydrogen-bond donors (Lipinski definition) is 1. The van der Waals surface area contributed by atoms with E-state index in [1.807, 2.05) is 44.2 Å². The standard InChI is InChI=1S/C24H24N4O3/c1-15-8-10-19(11-9-15)14-28-17(3)22(16(2)27-28)24(30)31-18(4)23(29)26-21-7-5-6-20(12-21)13-25/h5-12,18H,14H2,1-4H3,(H,26,29)/t18-/m0/s1. The lowest BCUT2D eigenvalue weighted by Crippen LogP contribution is -2.30. The Morgan fingerprint density at radius 1 is 1.16 bits per heavy atom. The van der Waals surface area contributed by atoms with E-state index in [1.165, 1.54) is 12.5 Å². The number of hydrogen-bond acceptors (Lipinski definition) is 5. The van der Waals surface area contributed by atoms with Crippen molar-refractivity contribution < 1.29 is 14.3 Å². The highest BCUT2D eigenvalue weighted by molar-refractivity contribution is 5.98. The van der Waals surface area contributed by atoms with Crippen LogP contribution in [0.1, 0.15) is 45.4 Å². The van der Waals surface area contributed by atoms with Gasteiger partial charge in [0.2, 0.25) is 0 Å². The predicted octanol–water partition coefficient (Wildman–Crippen LogP) is 3.91. The highest BCUT2D eigenvalue weighted by Crippen LogP contribution is 2.18. The van der Waals surface area contributed by atoms with E-state index in [0.717, 1.165) is 5.56 Å². The highest BCUT2D eigenvalue weighted by Gasteiger charge is 2.24. The number of carbonyl (C=O) groups excluding carboxylic acids is 2. The molecule has 1 aromatic heterocycles. The van der Waals surface area contributed by atoms with Gasteiger partial charge in [-0.05, 0) is 51.5 Å². The van der Waals surface area contributed by atoms with Crippen LogP contribution in [0.5, 0.6) is 0 Å². The maximum absolute atomic E-state index is 12.8. The molecule has 2 aromatic carbocycles. The van der Waals surface area contributed by atoms with Gasteiger partial charge in [0.1, 0.15) is 5.56 Å². The molecule has 158 valence electrons. The monoisotopic (exact) mass is 416 g/mol. The van der Waals surface area contributed by atoms with Crippen LogP contribution in [0.25, 0.3) is 0 Å². The van der Waals surface area contributed by atoms with Crippen LogP contribution < -0.4 is 5.32 Å². The SMILES string of the molecule is Cc1ccc(Cn2nc(C)c(C(=O)O[C@@H](C)C(=O)Nc3cccc(C#N)c3)c2C)cc1. The van der Waals surface area contributed by atoms with Crippen molar-refractivity contribution in [3.05, 3.63) is 82.2 Å². The largest absolute Gasteiger partial charge is 0.449 e. The maximum Gasteiger partial charge on any atom is 0.342 e. The summed E-state index contributed by atoms with van der Waals surface area (Å²) in [4.78, 5) is 25.2. The Hall–Kier alpha value is -3.92. The zero-order chi connectivity index (χ0) is 22.5. The average Bonchev–Trinajstić information content (AvgIpc) is 3.02. The van der Waals surface area contributed by atoms with E-state index in [4.69, 9.17) is 10.00 Å². The van der Waals surface area contributed by atoms with E-state index >= 15 is 0 Å². The van der Waals surface area contributed by atoms with E-state index in [-0.39, 0.29) is 0 Å². The van der Waals surface area contributed by atoms with Gasteiger partial charge in [-0.2, -0.15) is 10.4 Å². The van der Waals surface area contributed by atoms with Crippen molar-refractivity contribution in [1.82, 2.24) is 9.78 Å². The summed E-state index contributed by atoms with van der Waals surface area (Å²) in [5, 5.41) is 16.1. The third-order valence-corrected chi connectivity index (χ3v) is 4.95. The molecule has 0 unspecified atom stereocenters. The summed E-state index contributed by atoms with van der Waals surface area (Å²) >= 11 is 0. The van der Waals surface area contributed by atoms with Gasteiger partial charge in [0.05, 0.1) is 29.6 Å². The molecule has 0 saturated carbocycles. The number of ether oxygens (including phenoxy) is 1. The summed E-state index contributed by atoms with van der Waals surface area (Å²) in [5.41, 5.74) is 4.72. The van der Waals surface area contributed by atoms with Crippen molar-refractivity contribution in [2.75, 3.05) is 5.32 Å². The van der Waals surface area contributed by atoms with Gasteiger partial charge in [0.25, 0.3) is 5.91 Å². The Bertz CT molecular complexity index is 1160. The lowest BCUT2D eigenvalue weighted by atomic mass is 10.1. The maximum atomic E-state index is 12.8. The summed E-state index contributed by atoms with van der Waals surface area (Å²) in [6, 6.07) is 16.6. The zero-order valence-corrected chi connectivity index (χ0v) is 18.0. The van der Waals surface area contributed by atoms with Gasteiger partial charge in [-0.25, -0.2) is 4.79 Å². The molecule has 0 saturated heterocycles. The number of carbonyl (C=O) groups is 2. The van der Waals surface area contributed by atoms with Crippen molar-refractivity contribution >= 4 is 17.6 Å². The number of benzene rings is 2. The van der Waals surface area contributed by atoms with E-state index in [1.54, 1.807) is 35.9 Å². The number of nitriles is 1. The van der Waals surface area contributed by atoms with E-state index in [2.05, 4.69) is 10.4 Å². The summed E-state index contributed by atoms with van der Waals surface area (Å²) in [5.74, 6) is -1.08. The van der Waals surface area contributed by atoms with Crippen LogP contribution in [0.15, 0.2) is 48.5 Å². The molecule has 0 fully saturated rings. The Labute approximate surface area is 181 Å². The molecule has 0 spiro atoms. The first kappa shape index (κ1) is 21.8.